The normalized spacial score (nSPS) is 17.5. The molecule has 1 aliphatic heterocycles. The van der Waals surface area contributed by atoms with Gasteiger partial charge >= 0.3 is 0 Å². The number of carbonyl (C=O) groups is 1. The number of carbonyl (C=O) groups excluding carboxylic acids is 1. The van der Waals surface area contributed by atoms with E-state index in [4.69, 9.17) is 4.74 Å². The van der Waals surface area contributed by atoms with E-state index in [2.05, 4.69) is 9.88 Å². The Morgan fingerprint density at radius 2 is 2.09 bits per heavy atom. The largest absolute Gasteiger partial charge is 0.389 e. The minimum atomic E-state index is -0.469. The number of rotatable bonds is 6. The van der Waals surface area contributed by atoms with Crippen LogP contribution in [0.4, 0.5) is 0 Å². The second kappa shape index (κ2) is 8.22. The standard InChI is InChI=1S/C16H25N3O3/c1-3-22-12-15(20)11-18-6-8-19(9-7-18)16(21)14-5-4-13(2)17-10-14/h4-5,10,15,20H,3,6-9,11-12H2,1-2H3/t15-/m0/s1. The number of nitrogens with zero attached hydrogens (tertiary/aromatic N) is 3. The van der Waals surface area contributed by atoms with Crippen molar-refractivity contribution in [2.75, 3.05) is 45.9 Å². The second-order valence-corrected chi connectivity index (χ2v) is 5.59. The Kier molecular flexibility index (Phi) is 6.30. The van der Waals surface area contributed by atoms with Crippen LogP contribution in [0.25, 0.3) is 0 Å². The zero-order valence-electron chi connectivity index (χ0n) is 13.4. The Labute approximate surface area is 131 Å². The molecule has 1 saturated heterocycles. The van der Waals surface area contributed by atoms with E-state index >= 15 is 0 Å². The van der Waals surface area contributed by atoms with Crippen LogP contribution < -0.4 is 0 Å². The molecule has 1 aliphatic rings. The summed E-state index contributed by atoms with van der Waals surface area (Å²) in [5.41, 5.74) is 1.54. The van der Waals surface area contributed by atoms with E-state index in [9.17, 15) is 9.90 Å². The van der Waals surface area contributed by atoms with Gasteiger partial charge in [-0.15, -0.1) is 0 Å². The number of piperazine rings is 1. The fourth-order valence-corrected chi connectivity index (χ4v) is 2.52. The molecule has 6 nitrogen and oxygen atoms in total. The van der Waals surface area contributed by atoms with E-state index in [1.807, 2.05) is 30.9 Å². The highest BCUT2D eigenvalue weighted by atomic mass is 16.5. The number of β-amino-alcohol motifs (C(OH)–C–C–N with tert-alkyl or cyclic N) is 1. The molecule has 0 radical (unpaired) electrons. The number of aliphatic hydroxyl groups is 1. The van der Waals surface area contributed by atoms with Gasteiger partial charge < -0.3 is 14.7 Å². The average Bonchev–Trinajstić information content (AvgIpc) is 2.54. The Bertz CT molecular complexity index is 470. The number of ether oxygens (including phenoxy) is 1. The minimum Gasteiger partial charge on any atom is -0.389 e. The fourth-order valence-electron chi connectivity index (χ4n) is 2.52. The lowest BCUT2D eigenvalue weighted by atomic mass is 10.2. The number of pyridine rings is 1. The lowest BCUT2D eigenvalue weighted by Gasteiger charge is -2.35. The van der Waals surface area contributed by atoms with Crippen molar-refractivity contribution in [3.8, 4) is 0 Å². The third-order valence-corrected chi connectivity index (χ3v) is 3.80. The molecular weight excluding hydrogens is 282 g/mol. The molecule has 0 unspecified atom stereocenters. The van der Waals surface area contributed by atoms with Crippen molar-refractivity contribution in [3.05, 3.63) is 29.6 Å². The SMILES string of the molecule is CCOC[C@@H](O)CN1CCN(C(=O)c2ccc(C)nc2)CC1. The van der Waals surface area contributed by atoms with Crippen LogP contribution in [-0.2, 0) is 4.74 Å². The van der Waals surface area contributed by atoms with Crippen molar-refractivity contribution < 1.29 is 14.6 Å². The topological polar surface area (TPSA) is 65.9 Å². The molecule has 2 heterocycles. The summed E-state index contributed by atoms with van der Waals surface area (Å²) in [6, 6.07) is 3.68. The third kappa shape index (κ3) is 4.76. The average molecular weight is 307 g/mol. The van der Waals surface area contributed by atoms with Crippen molar-refractivity contribution in [3.63, 3.8) is 0 Å². The minimum absolute atomic E-state index is 0.0296. The molecule has 1 amide bonds. The van der Waals surface area contributed by atoms with Crippen molar-refractivity contribution in [1.29, 1.82) is 0 Å². The first-order valence-corrected chi connectivity index (χ1v) is 7.80. The van der Waals surface area contributed by atoms with Crippen LogP contribution in [0.15, 0.2) is 18.3 Å². The van der Waals surface area contributed by atoms with Crippen molar-refractivity contribution >= 4 is 5.91 Å². The van der Waals surface area contributed by atoms with E-state index in [0.717, 1.165) is 18.8 Å². The summed E-state index contributed by atoms with van der Waals surface area (Å²) in [6.45, 7) is 8.28. The molecule has 6 heteroatoms. The zero-order valence-corrected chi connectivity index (χ0v) is 13.4. The van der Waals surface area contributed by atoms with Gasteiger partial charge in [0.25, 0.3) is 5.91 Å². The second-order valence-electron chi connectivity index (χ2n) is 5.59. The van der Waals surface area contributed by atoms with Crippen LogP contribution in [0.3, 0.4) is 0 Å². The van der Waals surface area contributed by atoms with Gasteiger partial charge in [0.1, 0.15) is 0 Å². The molecule has 2 rings (SSSR count). The van der Waals surface area contributed by atoms with E-state index in [-0.39, 0.29) is 5.91 Å². The van der Waals surface area contributed by atoms with Gasteiger partial charge in [-0.25, -0.2) is 0 Å². The van der Waals surface area contributed by atoms with Gasteiger partial charge in [-0.2, -0.15) is 0 Å². The molecule has 0 aromatic carbocycles. The molecule has 0 aliphatic carbocycles. The highest BCUT2D eigenvalue weighted by Crippen LogP contribution is 2.09. The smallest absolute Gasteiger partial charge is 0.255 e. The monoisotopic (exact) mass is 307 g/mol. The molecule has 1 N–H and O–H groups in total. The highest BCUT2D eigenvalue weighted by molar-refractivity contribution is 5.94. The van der Waals surface area contributed by atoms with Gasteiger partial charge in [0.2, 0.25) is 0 Å². The Morgan fingerprint density at radius 1 is 1.36 bits per heavy atom. The zero-order chi connectivity index (χ0) is 15.9. The van der Waals surface area contributed by atoms with Crippen molar-refractivity contribution in [1.82, 2.24) is 14.8 Å². The highest BCUT2D eigenvalue weighted by Gasteiger charge is 2.23. The summed E-state index contributed by atoms with van der Waals surface area (Å²) in [7, 11) is 0. The lowest BCUT2D eigenvalue weighted by Crippen LogP contribution is -2.50. The molecule has 1 aromatic rings. The van der Waals surface area contributed by atoms with Crippen LogP contribution in [-0.4, -0.2) is 77.8 Å². The number of amides is 1. The molecule has 0 saturated carbocycles. The molecule has 22 heavy (non-hydrogen) atoms. The third-order valence-electron chi connectivity index (χ3n) is 3.80. The van der Waals surface area contributed by atoms with Crippen molar-refractivity contribution in [2.45, 2.75) is 20.0 Å². The summed E-state index contributed by atoms with van der Waals surface area (Å²) in [4.78, 5) is 20.6. The molecular formula is C16H25N3O3. The van der Waals surface area contributed by atoms with Crippen molar-refractivity contribution in [2.24, 2.45) is 0 Å². The maximum Gasteiger partial charge on any atom is 0.255 e. The first-order chi connectivity index (χ1) is 10.6. The van der Waals surface area contributed by atoms with E-state index in [1.54, 1.807) is 6.20 Å². The number of hydrogen-bond donors (Lipinski definition) is 1. The van der Waals surface area contributed by atoms with Crippen LogP contribution in [0.1, 0.15) is 23.0 Å². The van der Waals surface area contributed by atoms with Gasteiger partial charge in [0.05, 0.1) is 18.3 Å². The van der Waals surface area contributed by atoms with Gasteiger partial charge in [-0.05, 0) is 26.0 Å². The van der Waals surface area contributed by atoms with Gasteiger partial charge in [0, 0.05) is 51.2 Å². The molecule has 122 valence electrons. The summed E-state index contributed by atoms with van der Waals surface area (Å²) >= 11 is 0. The first-order valence-electron chi connectivity index (χ1n) is 7.80. The Balaban J connectivity index is 1.79. The van der Waals surface area contributed by atoms with E-state index in [0.29, 0.717) is 38.4 Å². The summed E-state index contributed by atoms with van der Waals surface area (Å²) in [5.74, 6) is 0.0296. The van der Waals surface area contributed by atoms with Gasteiger partial charge in [-0.1, -0.05) is 0 Å². The first kappa shape index (κ1) is 16.9. The summed E-state index contributed by atoms with van der Waals surface area (Å²) in [5, 5.41) is 9.86. The molecule has 1 atom stereocenters. The van der Waals surface area contributed by atoms with Crippen LogP contribution >= 0.6 is 0 Å². The van der Waals surface area contributed by atoms with Crippen LogP contribution in [0.5, 0.6) is 0 Å². The quantitative estimate of drug-likeness (QED) is 0.831. The molecule has 1 fully saturated rings. The van der Waals surface area contributed by atoms with Crippen LogP contribution in [0, 0.1) is 6.92 Å². The Morgan fingerprint density at radius 3 is 2.68 bits per heavy atom. The predicted octanol–water partition coefficient (Wildman–Crippen LogP) is 0.545. The van der Waals surface area contributed by atoms with Gasteiger partial charge in [0.15, 0.2) is 0 Å². The van der Waals surface area contributed by atoms with Crippen LogP contribution in [0.2, 0.25) is 0 Å². The maximum absolute atomic E-state index is 12.4. The molecule has 1 aromatic heterocycles. The lowest BCUT2D eigenvalue weighted by molar-refractivity contribution is 0.0111. The predicted molar refractivity (Wildman–Crippen MR) is 83.8 cm³/mol. The number of aliphatic hydroxyl groups excluding tert-OH is 1. The number of hydrogen-bond acceptors (Lipinski definition) is 5. The fraction of sp³-hybridized carbons (Fsp3) is 0.625. The number of aromatic nitrogens is 1. The van der Waals surface area contributed by atoms with E-state index < -0.39 is 6.10 Å². The molecule has 0 bridgehead atoms. The summed E-state index contributed by atoms with van der Waals surface area (Å²) in [6.07, 6.45) is 1.17. The van der Waals surface area contributed by atoms with Gasteiger partial charge in [-0.3, -0.25) is 14.7 Å². The molecule has 0 spiro atoms. The maximum atomic E-state index is 12.4. The van der Waals surface area contributed by atoms with E-state index in [1.165, 1.54) is 0 Å². The number of aryl methyl sites for hydroxylation is 1. The summed E-state index contributed by atoms with van der Waals surface area (Å²) < 4.78 is 5.22. The Hall–Kier alpha value is -1.50.